The molecule has 3 aromatic heterocycles. The van der Waals surface area contributed by atoms with Gasteiger partial charge in [-0.05, 0) is 49.6 Å². The molecule has 5 heterocycles. The van der Waals surface area contributed by atoms with Gasteiger partial charge < -0.3 is 20.7 Å². The van der Waals surface area contributed by atoms with Crippen molar-refractivity contribution in [3.05, 3.63) is 65.9 Å². The number of ether oxygens (including phenoxy) is 1. The number of nitrogens with two attached hydrogens (primary N) is 1. The van der Waals surface area contributed by atoms with Gasteiger partial charge in [0.15, 0.2) is 0 Å². The van der Waals surface area contributed by atoms with Crippen LogP contribution in [0.4, 0.5) is 24.8 Å². The van der Waals surface area contributed by atoms with Crippen molar-refractivity contribution in [3.8, 4) is 17.0 Å². The number of fused-ring (bicyclic) bond motifs is 2. The van der Waals surface area contributed by atoms with E-state index in [1.807, 2.05) is 9.30 Å². The van der Waals surface area contributed by atoms with Crippen LogP contribution in [-0.4, -0.2) is 55.8 Å². The van der Waals surface area contributed by atoms with Crippen molar-refractivity contribution in [1.82, 2.24) is 24.3 Å². The molecule has 13 heteroatoms. The smallest absolute Gasteiger partial charge is 0.416 e. The molecule has 6 rings (SSSR count). The number of aromatic nitrogens is 4. The average molecular weight is 566 g/mol. The third-order valence-corrected chi connectivity index (χ3v) is 7.74. The molecule has 0 radical (unpaired) electrons. The third-order valence-electron chi connectivity index (χ3n) is 7.74. The molecule has 2 fully saturated rings. The Morgan fingerprint density at radius 1 is 1.12 bits per heavy atom. The number of nitrogens with zero attached hydrogens (tertiary/aromatic N) is 5. The molecule has 0 saturated carbocycles. The van der Waals surface area contributed by atoms with Crippen molar-refractivity contribution in [1.29, 1.82) is 0 Å². The molecular formula is C28H26F3N7O3. The number of carbonyl (C=O) groups excluding carboxylic acids is 2. The predicted molar refractivity (Wildman–Crippen MR) is 143 cm³/mol. The fraction of sp³-hybridized carbons (Fsp3) is 0.321. The number of nitrogens with one attached hydrogen (secondary N) is 1. The lowest BCUT2D eigenvalue weighted by Crippen LogP contribution is -2.41. The Hall–Kier alpha value is -4.68. The maximum Gasteiger partial charge on any atom is 0.416 e. The van der Waals surface area contributed by atoms with E-state index in [0.29, 0.717) is 35.5 Å². The number of amides is 2. The lowest BCUT2D eigenvalue weighted by atomic mass is 9.92. The Labute approximate surface area is 232 Å². The molecule has 1 unspecified atom stereocenters. The van der Waals surface area contributed by atoms with Crippen LogP contribution in [0.3, 0.4) is 0 Å². The lowest BCUT2D eigenvalue weighted by Gasteiger charge is -2.34. The van der Waals surface area contributed by atoms with Crippen LogP contribution in [0, 0.1) is 0 Å². The Bertz CT molecular complexity index is 1670. The van der Waals surface area contributed by atoms with Crippen molar-refractivity contribution in [2.45, 2.75) is 43.8 Å². The van der Waals surface area contributed by atoms with Crippen LogP contribution < -0.4 is 15.8 Å². The number of hydrogen-bond donors (Lipinski definition) is 2. The number of hydrogen-bond acceptors (Lipinski definition) is 7. The molecule has 4 aromatic rings. The first-order chi connectivity index (χ1) is 19.6. The Morgan fingerprint density at radius 3 is 2.73 bits per heavy atom. The van der Waals surface area contributed by atoms with Crippen LogP contribution in [0.15, 0.2) is 48.9 Å². The number of anilines is 2. The van der Waals surface area contributed by atoms with E-state index in [-0.39, 0.29) is 35.1 Å². The highest BCUT2D eigenvalue weighted by molar-refractivity contribution is 6.04. The average Bonchev–Trinajstić information content (AvgIpc) is 3.53. The molecule has 2 aliphatic rings. The van der Waals surface area contributed by atoms with Gasteiger partial charge in [0.25, 0.3) is 5.91 Å². The van der Waals surface area contributed by atoms with E-state index in [1.165, 1.54) is 19.2 Å². The van der Waals surface area contributed by atoms with E-state index < -0.39 is 17.6 Å². The topological polar surface area (TPSA) is 128 Å². The first-order valence-electron chi connectivity index (χ1n) is 13.1. The highest BCUT2D eigenvalue weighted by Gasteiger charge is 2.38. The molecule has 2 amide bonds. The summed E-state index contributed by atoms with van der Waals surface area (Å²) in [6.45, 7) is 0.574. The summed E-state index contributed by atoms with van der Waals surface area (Å²) in [6, 6.07) is 6.51. The van der Waals surface area contributed by atoms with Gasteiger partial charge in [-0.25, -0.2) is 15.0 Å². The summed E-state index contributed by atoms with van der Waals surface area (Å²) in [6.07, 6.45) is 3.01. The van der Waals surface area contributed by atoms with Gasteiger partial charge in [0.1, 0.15) is 34.4 Å². The summed E-state index contributed by atoms with van der Waals surface area (Å²) in [5, 5.41) is 2.40. The van der Waals surface area contributed by atoms with Gasteiger partial charge >= 0.3 is 6.18 Å². The largest absolute Gasteiger partial charge is 0.496 e. The normalized spacial score (nSPS) is 18.9. The highest BCUT2D eigenvalue weighted by atomic mass is 19.4. The number of nitrogen functional groups attached to an aromatic ring is 1. The Morgan fingerprint density at radius 2 is 1.95 bits per heavy atom. The van der Waals surface area contributed by atoms with Crippen LogP contribution in [-0.2, 0) is 11.0 Å². The zero-order valence-corrected chi connectivity index (χ0v) is 22.0. The minimum Gasteiger partial charge on any atom is -0.496 e. The second-order valence-corrected chi connectivity index (χ2v) is 10.2. The van der Waals surface area contributed by atoms with E-state index >= 15 is 0 Å². The molecule has 2 saturated heterocycles. The molecule has 212 valence electrons. The number of halogens is 3. The summed E-state index contributed by atoms with van der Waals surface area (Å²) in [5.74, 6) is 0.578. The summed E-state index contributed by atoms with van der Waals surface area (Å²) in [4.78, 5) is 40.4. The molecule has 0 bridgehead atoms. The van der Waals surface area contributed by atoms with E-state index in [1.54, 1.807) is 18.5 Å². The standard InChI is InChI=1S/C28H26F3N7O3/c1-41-20-12-15(27(40)35-21-13-17(8-9-33-21)28(29,30)31)3-6-19(20)23-24-25(32)34-10-11-37(24)26(36-23)16-2-4-18-5-7-22(39)38(18)14-16/h3,6,8-13,16,18H,2,4-5,7,14H2,1H3,(H2,32,34)(H,33,35,40)/t16?,18-/m0/s1. The van der Waals surface area contributed by atoms with E-state index in [4.69, 9.17) is 15.5 Å². The van der Waals surface area contributed by atoms with Gasteiger partial charge in [0.05, 0.1) is 12.7 Å². The van der Waals surface area contributed by atoms with Gasteiger partial charge in [0, 0.05) is 54.6 Å². The van der Waals surface area contributed by atoms with Crippen LogP contribution in [0.1, 0.15) is 53.3 Å². The maximum absolute atomic E-state index is 13.1. The second-order valence-electron chi connectivity index (χ2n) is 10.2. The first kappa shape index (κ1) is 26.5. The van der Waals surface area contributed by atoms with Crippen LogP contribution in [0.2, 0.25) is 0 Å². The van der Waals surface area contributed by atoms with Crippen molar-refractivity contribution >= 4 is 29.0 Å². The summed E-state index contributed by atoms with van der Waals surface area (Å²) >= 11 is 0. The highest BCUT2D eigenvalue weighted by Crippen LogP contribution is 2.40. The number of imidazole rings is 1. The summed E-state index contributed by atoms with van der Waals surface area (Å²) in [5.41, 5.74) is 7.16. The molecule has 3 N–H and O–H groups in total. The molecular weight excluding hydrogens is 539 g/mol. The molecule has 10 nitrogen and oxygen atoms in total. The monoisotopic (exact) mass is 565 g/mol. The predicted octanol–water partition coefficient (Wildman–Crippen LogP) is 4.52. The van der Waals surface area contributed by atoms with E-state index in [2.05, 4.69) is 15.3 Å². The third kappa shape index (κ3) is 4.81. The van der Waals surface area contributed by atoms with E-state index in [0.717, 1.165) is 43.4 Å². The number of alkyl halides is 3. The molecule has 0 spiro atoms. The first-order valence-corrected chi connectivity index (χ1v) is 13.1. The van der Waals surface area contributed by atoms with Crippen LogP contribution >= 0.6 is 0 Å². The maximum atomic E-state index is 13.1. The molecule has 1 aromatic carbocycles. The zero-order chi connectivity index (χ0) is 28.9. The van der Waals surface area contributed by atoms with Gasteiger partial charge in [-0.3, -0.25) is 14.0 Å². The Balaban J connectivity index is 1.34. The van der Waals surface area contributed by atoms with Crippen LogP contribution in [0.5, 0.6) is 5.75 Å². The zero-order valence-electron chi connectivity index (χ0n) is 22.0. The summed E-state index contributed by atoms with van der Waals surface area (Å²) in [7, 11) is 1.44. The SMILES string of the molecule is COc1cc(C(=O)Nc2cc(C(F)(F)F)ccn2)ccc1-c1nc(C2CC[C@H]3CCC(=O)N3C2)n2ccnc(N)c12. The van der Waals surface area contributed by atoms with Crippen molar-refractivity contribution in [2.24, 2.45) is 0 Å². The minimum absolute atomic E-state index is 0.00708. The van der Waals surface area contributed by atoms with Crippen molar-refractivity contribution in [2.75, 3.05) is 24.7 Å². The molecule has 2 aliphatic heterocycles. The minimum atomic E-state index is -4.57. The van der Waals surface area contributed by atoms with Gasteiger partial charge in [-0.1, -0.05) is 0 Å². The molecule has 2 atom stereocenters. The van der Waals surface area contributed by atoms with Gasteiger partial charge in [-0.2, -0.15) is 13.2 Å². The number of piperidine rings is 1. The van der Waals surface area contributed by atoms with Gasteiger partial charge in [0.2, 0.25) is 5.91 Å². The number of carbonyl (C=O) groups is 2. The Kier molecular flexibility index (Phi) is 6.51. The number of pyridine rings is 1. The molecule has 41 heavy (non-hydrogen) atoms. The molecule has 0 aliphatic carbocycles. The number of methoxy groups -OCH3 is 1. The van der Waals surface area contributed by atoms with Crippen molar-refractivity contribution in [3.63, 3.8) is 0 Å². The van der Waals surface area contributed by atoms with Crippen LogP contribution in [0.25, 0.3) is 16.8 Å². The quantitative estimate of drug-likeness (QED) is 0.364. The number of benzene rings is 1. The summed E-state index contributed by atoms with van der Waals surface area (Å²) < 4.78 is 46.7. The fourth-order valence-corrected chi connectivity index (χ4v) is 5.73. The number of rotatable bonds is 5. The second kappa shape index (κ2) is 10.1. The fourth-order valence-electron chi connectivity index (χ4n) is 5.73. The lowest BCUT2D eigenvalue weighted by molar-refractivity contribution is -0.137. The van der Waals surface area contributed by atoms with Crippen molar-refractivity contribution < 1.29 is 27.5 Å². The van der Waals surface area contributed by atoms with Gasteiger partial charge in [-0.15, -0.1) is 0 Å². The van der Waals surface area contributed by atoms with E-state index in [9.17, 15) is 22.8 Å².